The van der Waals surface area contributed by atoms with Crippen LogP contribution in [0.15, 0.2) is 42.6 Å². The molecule has 212 valence electrons. The fourth-order valence-electron chi connectivity index (χ4n) is 3.86. The van der Waals surface area contributed by atoms with Crippen LogP contribution in [0.3, 0.4) is 0 Å². The first kappa shape index (κ1) is 29.7. The van der Waals surface area contributed by atoms with Crippen LogP contribution in [0, 0.1) is 11.1 Å². The van der Waals surface area contributed by atoms with Crippen molar-refractivity contribution in [1.29, 1.82) is 0 Å². The number of esters is 1. The van der Waals surface area contributed by atoms with Crippen LogP contribution in [-0.2, 0) is 26.0 Å². The standard InChI is InChI=1S/C24H24Cl2F2N2O7S2/c1-2-39(33,34)30-7-8-38-22(30)23(31)36-20(10-16-17(25)11-29(32)12-18(16)26)15-5-6-19(37-24(27)28)21(9-15)35-13-14-3-4-14/h2,5-6,9,11-12,14,20,22,24H,1,3-4,7-8,10,13H2. The normalized spacial score (nSPS) is 18.6. The van der Waals surface area contributed by atoms with E-state index in [0.717, 1.165) is 46.7 Å². The summed E-state index contributed by atoms with van der Waals surface area (Å²) in [5.41, 5.74) is 0.606. The number of aromatic nitrogens is 1. The van der Waals surface area contributed by atoms with Crippen molar-refractivity contribution in [1.82, 2.24) is 4.31 Å². The zero-order valence-electron chi connectivity index (χ0n) is 20.3. The highest BCUT2D eigenvalue weighted by Crippen LogP contribution is 2.39. The van der Waals surface area contributed by atoms with E-state index in [0.29, 0.717) is 28.6 Å². The van der Waals surface area contributed by atoms with Gasteiger partial charge >= 0.3 is 12.6 Å². The Hall–Kier alpha value is -2.32. The Labute approximate surface area is 238 Å². The summed E-state index contributed by atoms with van der Waals surface area (Å²) in [5.74, 6) is -0.370. The summed E-state index contributed by atoms with van der Waals surface area (Å²) in [7, 11) is -3.91. The first-order valence-corrected chi connectivity index (χ1v) is 15.0. The van der Waals surface area contributed by atoms with Gasteiger partial charge in [-0.15, -0.1) is 11.8 Å². The number of carbonyl (C=O) groups is 1. The number of rotatable bonds is 12. The van der Waals surface area contributed by atoms with Gasteiger partial charge in [0.25, 0.3) is 0 Å². The van der Waals surface area contributed by atoms with Crippen molar-refractivity contribution in [3.8, 4) is 11.5 Å². The van der Waals surface area contributed by atoms with Crippen molar-refractivity contribution in [3.63, 3.8) is 0 Å². The molecule has 2 fully saturated rings. The van der Waals surface area contributed by atoms with E-state index < -0.39 is 34.1 Å². The topological polar surface area (TPSA) is 109 Å². The first-order valence-electron chi connectivity index (χ1n) is 11.7. The predicted molar refractivity (Wildman–Crippen MR) is 141 cm³/mol. The predicted octanol–water partition coefficient (Wildman–Crippen LogP) is 4.69. The Morgan fingerprint density at radius 1 is 1.26 bits per heavy atom. The molecular formula is C24H24Cl2F2N2O7S2. The molecule has 0 bridgehead atoms. The number of alkyl halides is 2. The molecule has 39 heavy (non-hydrogen) atoms. The number of nitrogens with zero attached hydrogens (tertiary/aromatic N) is 2. The van der Waals surface area contributed by atoms with Gasteiger partial charge in [0.1, 0.15) is 16.1 Å². The van der Waals surface area contributed by atoms with Gasteiger partial charge < -0.3 is 19.4 Å². The average Bonchev–Trinajstić information content (AvgIpc) is 3.56. The van der Waals surface area contributed by atoms with Crippen LogP contribution in [0.25, 0.3) is 0 Å². The Morgan fingerprint density at radius 2 is 1.95 bits per heavy atom. The summed E-state index contributed by atoms with van der Waals surface area (Å²) in [6.45, 7) is 0.593. The quantitative estimate of drug-likeness (QED) is 0.190. The zero-order valence-corrected chi connectivity index (χ0v) is 23.4. The molecule has 1 aromatic carbocycles. The van der Waals surface area contributed by atoms with Crippen molar-refractivity contribution in [2.75, 3.05) is 18.9 Å². The minimum absolute atomic E-state index is 0.00696. The summed E-state index contributed by atoms with van der Waals surface area (Å²) in [6, 6.07) is 4.10. The molecule has 1 saturated heterocycles. The highest BCUT2D eigenvalue weighted by atomic mass is 35.5. The molecule has 0 radical (unpaired) electrons. The molecule has 2 heterocycles. The van der Waals surface area contributed by atoms with E-state index in [4.69, 9.17) is 32.7 Å². The number of halogens is 4. The molecule has 1 aliphatic heterocycles. The second kappa shape index (κ2) is 12.5. The van der Waals surface area contributed by atoms with Crippen LogP contribution < -0.4 is 14.2 Å². The lowest BCUT2D eigenvalue weighted by Gasteiger charge is -2.25. The smallest absolute Gasteiger partial charge is 0.387 e. The lowest BCUT2D eigenvalue weighted by atomic mass is 10.0. The summed E-state index contributed by atoms with van der Waals surface area (Å²) in [5, 5.41) is 11.3. The van der Waals surface area contributed by atoms with Gasteiger partial charge in [0.05, 0.1) is 6.61 Å². The highest BCUT2D eigenvalue weighted by molar-refractivity contribution is 8.02. The van der Waals surface area contributed by atoms with Gasteiger partial charge in [-0.25, -0.2) is 13.2 Å². The molecule has 1 aromatic heterocycles. The van der Waals surface area contributed by atoms with Crippen LogP contribution in [0.5, 0.6) is 11.5 Å². The number of benzene rings is 1. The monoisotopic (exact) mass is 624 g/mol. The Balaban J connectivity index is 1.69. The molecule has 2 unspecified atom stereocenters. The van der Waals surface area contributed by atoms with Gasteiger partial charge in [0.2, 0.25) is 10.0 Å². The molecule has 0 spiro atoms. The third-order valence-corrected chi connectivity index (χ3v) is 9.46. The Morgan fingerprint density at radius 3 is 2.56 bits per heavy atom. The van der Waals surface area contributed by atoms with Crippen LogP contribution in [-0.4, -0.2) is 49.6 Å². The van der Waals surface area contributed by atoms with Gasteiger partial charge in [0.15, 0.2) is 29.3 Å². The molecule has 9 nitrogen and oxygen atoms in total. The van der Waals surface area contributed by atoms with Crippen LogP contribution in [0.1, 0.15) is 30.1 Å². The van der Waals surface area contributed by atoms with Crippen molar-refractivity contribution in [2.45, 2.75) is 37.4 Å². The van der Waals surface area contributed by atoms with Gasteiger partial charge in [-0.1, -0.05) is 35.8 Å². The molecule has 4 rings (SSSR count). The third-order valence-electron chi connectivity index (χ3n) is 6.02. The van der Waals surface area contributed by atoms with E-state index in [1.54, 1.807) is 0 Å². The number of carbonyl (C=O) groups excluding carboxylic acids is 1. The number of hydrogen-bond donors (Lipinski definition) is 0. The molecule has 0 N–H and O–H groups in total. The van der Waals surface area contributed by atoms with E-state index in [2.05, 4.69) is 11.3 Å². The number of ether oxygens (including phenoxy) is 3. The number of pyridine rings is 1. The van der Waals surface area contributed by atoms with Gasteiger partial charge in [-0.05, 0) is 36.5 Å². The van der Waals surface area contributed by atoms with Crippen molar-refractivity contribution < 1.29 is 40.9 Å². The highest BCUT2D eigenvalue weighted by Gasteiger charge is 2.40. The SMILES string of the molecule is C=CS(=O)(=O)N1CCSC1C(=O)OC(Cc1c(Cl)c[n+]([O-])cc1Cl)c1ccc(OC(F)F)c(OCC2CC2)c1. The van der Waals surface area contributed by atoms with Crippen molar-refractivity contribution in [2.24, 2.45) is 5.92 Å². The van der Waals surface area contributed by atoms with Crippen LogP contribution >= 0.6 is 35.0 Å². The Bertz CT molecular complexity index is 1320. The largest absolute Gasteiger partial charge is 0.619 e. The minimum atomic E-state index is -3.91. The fourth-order valence-corrected chi connectivity index (χ4v) is 6.99. The molecule has 15 heteroatoms. The van der Waals surface area contributed by atoms with Crippen LogP contribution in [0.2, 0.25) is 10.0 Å². The molecular weight excluding hydrogens is 601 g/mol. The van der Waals surface area contributed by atoms with Gasteiger partial charge in [-0.2, -0.15) is 17.8 Å². The van der Waals surface area contributed by atoms with E-state index >= 15 is 0 Å². The van der Waals surface area contributed by atoms with E-state index in [1.807, 2.05) is 0 Å². The second-order valence-electron chi connectivity index (χ2n) is 8.81. The summed E-state index contributed by atoms with van der Waals surface area (Å²) < 4.78 is 68.4. The number of hydrogen-bond acceptors (Lipinski definition) is 8. The molecule has 2 atom stereocenters. The summed E-state index contributed by atoms with van der Waals surface area (Å²) >= 11 is 13.6. The maximum absolute atomic E-state index is 13.3. The van der Waals surface area contributed by atoms with Crippen molar-refractivity contribution in [3.05, 3.63) is 69.0 Å². The molecule has 2 aliphatic rings. The maximum Gasteiger partial charge on any atom is 0.387 e. The third kappa shape index (κ3) is 7.46. The Kier molecular flexibility index (Phi) is 9.48. The number of thioether (sulfide) groups is 1. The fraction of sp³-hybridized carbons (Fsp3) is 0.417. The van der Waals surface area contributed by atoms with E-state index in [9.17, 15) is 27.2 Å². The lowest BCUT2D eigenvalue weighted by molar-refractivity contribution is -0.605. The molecule has 1 saturated carbocycles. The minimum Gasteiger partial charge on any atom is -0.619 e. The molecule has 2 aromatic rings. The molecule has 1 aliphatic carbocycles. The lowest BCUT2D eigenvalue weighted by Crippen LogP contribution is -2.39. The van der Waals surface area contributed by atoms with E-state index in [-0.39, 0.29) is 40.1 Å². The summed E-state index contributed by atoms with van der Waals surface area (Å²) in [6.07, 6.45) is 2.84. The average molecular weight is 625 g/mol. The van der Waals surface area contributed by atoms with E-state index in [1.165, 1.54) is 18.2 Å². The molecule has 0 amide bonds. The van der Waals surface area contributed by atoms with Gasteiger partial charge in [0, 0.05) is 29.7 Å². The maximum atomic E-state index is 13.3. The van der Waals surface area contributed by atoms with Crippen molar-refractivity contribution >= 4 is 51.0 Å². The first-order chi connectivity index (χ1) is 18.5. The zero-order chi connectivity index (χ0) is 28.3. The number of sulfonamides is 1. The summed E-state index contributed by atoms with van der Waals surface area (Å²) in [4.78, 5) is 13.3. The van der Waals surface area contributed by atoms with Crippen LogP contribution in [0.4, 0.5) is 8.78 Å². The second-order valence-corrected chi connectivity index (χ2v) is 12.6. The van der Waals surface area contributed by atoms with Gasteiger partial charge in [-0.3, -0.25) is 0 Å².